The van der Waals surface area contributed by atoms with E-state index in [1.165, 1.54) is 0 Å². The Kier molecular flexibility index (Phi) is 4.38. The molecule has 0 unspecified atom stereocenters. The number of nitrogens with zero attached hydrogens (tertiary/aromatic N) is 2. The van der Waals surface area contributed by atoms with Gasteiger partial charge in [-0.05, 0) is 28.8 Å². The number of carbonyl (C=O) groups excluding carboxylic acids is 1. The topological polar surface area (TPSA) is 67.2 Å². The van der Waals surface area contributed by atoms with Gasteiger partial charge >= 0.3 is 6.18 Å². The molecule has 0 radical (unpaired) electrons. The molecule has 0 spiro atoms. The number of hydrogen-bond acceptors (Lipinski definition) is 3. The maximum absolute atomic E-state index is 12.8. The van der Waals surface area contributed by atoms with Gasteiger partial charge in [-0.2, -0.15) is 18.3 Å². The first kappa shape index (κ1) is 15.3. The zero-order chi connectivity index (χ0) is 14.9. The molecular formula is C11H13BrF3N3O2. The molecule has 9 heteroatoms. The maximum atomic E-state index is 12.8. The number of rotatable bonds is 5. The van der Waals surface area contributed by atoms with Crippen LogP contribution in [0.2, 0.25) is 0 Å². The van der Waals surface area contributed by atoms with Gasteiger partial charge in [-0.3, -0.25) is 9.48 Å². The van der Waals surface area contributed by atoms with Gasteiger partial charge in [0.2, 0.25) is 5.91 Å². The van der Waals surface area contributed by atoms with E-state index in [0.717, 1.165) is 17.5 Å². The minimum atomic E-state index is -4.56. The van der Waals surface area contributed by atoms with Crippen LogP contribution in [0.25, 0.3) is 0 Å². The van der Waals surface area contributed by atoms with Crippen LogP contribution in [0.4, 0.5) is 13.2 Å². The number of aliphatic hydroxyl groups is 1. The summed E-state index contributed by atoms with van der Waals surface area (Å²) in [5, 5.41) is 14.5. The highest BCUT2D eigenvalue weighted by atomic mass is 79.9. The molecule has 0 aromatic carbocycles. The summed E-state index contributed by atoms with van der Waals surface area (Å²) >= 11 is 2.95. The third kappa shape index (κ3) is 3.32. The van der Waals surface area contributed by atoms with E-state index in [2.05, 4.69) is 26.3 Å². The Morgan fingerprint density at radius 3 is 2.65 bits per heavy atom. The summed E-state index contributed by atoms with van der Waals surface area (Å²) in [5.74, 6) is -0.469. The second-order valence-corrected chi connectivity index (χ2v) is 5.34. The monoisotopic (exact) mass is 355 g/mol. The van der Waals surface area contributed by atoms with E-state index in [0.29, 0.717) is 5.69 Å². The fourth-order valence-corrected chi connectivity index (χ4v) is 2.72. The van der Waals surface area contributed by atoms with E-state index in [1.54, 1.807) is 0 Å². The molecule has 0 saturated heterocycles. The quantitative estimate of drug-likeness (QED) is 0.843. The van der Waals surface area contributed by atoms with Gasteiger partial charge in [-0.15, -0.1) is 0 Å². The highest BCUT2D eigenvalue weighted by Gasteiger charge is 2.41. The van der Waals surface area contributed by atoms with Crippen LogP contribution in [0.5, 0.6) is 0 Å². The molecule has 0 aliphatic heterocycles. The van der Waals surface area contributed by atoms with Gasteiger partial charge in [-0.1, -0.05) is 0 Å². The second-order valence-electron chi connectivity index (χ2n) is 4.55. The number of nitrogens with one attached hydrogen (secondary N) is 1. The van der Waals surface area contributed by atoms with E-state index >= 15 is 0 Å². The van der Waals surface area contributed by atoms with E-state index in [-0.39, 0.29) is 30.1 Å². The Labute approximate surface area is 121 Å². The third-order valence-corrected chi connectivity index (χ3v) is 3.67. The van der Waals surface area contributed by atoms with E-state index in [4.69, 9.17) is 5.11 Å². The van der Waals surface area contributed by atoms with Crippen molar-refractivity contribution < 1.29 is 23.1 Å². The van der Waals surface area contributed by atoms with Crippen LogP contribution < -0.4 is 5.32 Å². The first-order chi connectivity index (χ1) is 9.34. The number of aliphatic hydroxyl groups excluding tert-OH is 1. The van der Waals surface area contributed by atoms with Crippen LogP contribution in [0, 0.1) is 0 Å². The summed E-state index contributed by atoms with van der Waals surface area (Å²) in [7, 11) is 0. The molecular weight excluding hydrogens is 343 g/mol. The zero-order valence-corrected chi connectivity index (χ0v) is 12.0. The Bertz CT molecular complexity index is 512. The molecule has 1 aliphatic carbocycles. The van der Waals surface area contributed by atoms with Crippen molar-refractivity contribution in [3.63, 3.8) is 0 Å². The minimum absolute atomic E-state index is 0.0126. The van der Waals surface area contributed by atoms with E-state index in [1.807, 2.05) is 0 Å². The Morgan fingerprint density at radius 2 is 2.15 bits per heavy atom. The van der Waals surface area contributed by atoms with Crippen LogP contribution >= 0.6 is 15.9 Å². The third-order valence-electron chi connectivity index (χ3n) is 2.89. The fraction of sp³-hybridized carbons (Fsp3) is 0.636. The molecule has 1 saturated carbocycles. The lowest BCUT2D eigenvalue weighted by molar-refractivity contribution is -0.142. The molecule has 1 fully saturated rings. The van der Waals surface area contributed by atoms with Crippen LogP contribution in [0.15, 0.2) is 4.47 Å². The molecule has 2 N–H and O–H groups in total. The normalized spacial score (nSPS) is 15.4. The Hall–Kier alpha value is -1.09. The number of aromatic nitrogens is 2. The lowest BCUT2D eigenvalue weighted by atomic mass is 10.2. The fourth-order valence-electron chi connectivity index (χ4n) is 1.89. The minimum Gasteiger partial charge on any atom is -0.395 e. The summed E-state index contributed by atoms with van der Waals surface area (Å²) in [6.07, 6.45) is -2.98. The maximum Gasteiger partial charge on any atom is 0.436 e. The molecule has 112 valence electrons. The number of halogens is 4. The molecule has 1 aromatic heterocycles. The summed E-state index contributed by atoms with van der Waals surface area (Å²) < 4.78 is 39.5. The van der Waals surface area contributed by atoms with Crippen molar-refractivity contribution >= 4 is 21.8 Å². The summed E-state index contributed by atoms with van der Waals surface area (Å²) in [6, 6.07) is 0. The van der Waals surface area contributed by atoms with Crippen LogP contribution in [-0.4, -0.2) is 33.9 Å². The van der Waals surface area contributed by atoms with Crippen LogP contribution in [-0.2, 0) is 17.5 Å². The standard InChI is InChI=1S/C11H13BrF3N3O2/c12-8-9(6-1-2-6)18(5-7(20)16-3-4-19)17-10(8)11(13,14)15/h6,19H,1-5H2,(H,16,20). The SMILES string of the molecule is O=C(Cn1nc(C(F)(F)F)c(Br)c1C1CC1)NCCO. The molecule has 2 rings (SSSR count). The van der Waals surface area contributed by atoms with Gasteiger partial charge in [0, 0.05) is 12.5 Å². The molecule has 5 nitrogen and oxygen atoms in total. The highest BCUT2D eigenvalue weighted by Crippen LogP contribution is 2.46. The summed E-state index contributed by atoms with van der Waals surface area (Å²) in [6.45, 7) is -0.454. The largest absolute Gasteiger partial charge is 0.436 e. The summed E-state index contributed by atoms with van der Waals surface area (Å²) in [4.78, 5) is 11.6. The zero-order valence-electron chi connectivity index (χ0n) is 10.4. The van der Waals surface area contributed by atoms with Crippen molar-refractivity contribution in [2.24, 2.45) is 0 Å². The molecule has 1 aromatic rings. The average Bonchev–Trinajstić information content (AvgIpc) is 3.11. The Balaban J connectivity index is 2.25. The molecule has 1 amide bonds. The van der Waals surface area contributed by atoms with Gasteiger partial charge in [0.05, 0.1) is 16.8 Å². The number of carbonyl (C=O) groups is 1. The van der Waals surface area contributed by atoms with Crippen molar-refractivity contribution in [1.29, 1.82) is 0 Å². The van der Waals surface area contributed by atoms with E-state index < -0.39 is 17.8 Å². The first-order valence-electron chi connectivity index (χ1n) is 6.05. The van der Waals surface area contributed by atoms with Gasteiger partial charge < -0.3 is 10.4 Å². The molecule has 0 bridgehead atoms. The predicted molar refractivity (Wildman–Crippen MR) is 67.0 cm³/mol. The smallest absolute Gasteiger partial charge is 0.395 e. The van der Waals surface area contributed by atoms with Crippen molar-refractivity contribution in [3.8, 4) is 0 Å². The summed E-state index contributed by atoms with van der Waals surface area (Å²) in [5.41, 5.74) is -0.592. The molecule has 1 aliphatic rings. The van der Waals surface area contributed by atoms with Crippen molar-refractivity contribution in [1.82, 2.24) is 15.1 Å². The van der Waals surface area contributed by atoms with Crippen LogP contribution in [0.3, 0.4) is 0 Å². The van der Waals surface area contributed by atoms with Gasteiger partial charge in [0.15, 0.2) is 5.69 Å². The number of alkyl halides is 3. The average molecular weight is 356 g/mol. The number of amides is 1. The Morgan fingerprint density at radius 1 is 1.50 bits per heavy atom. The van der Waals surface area contributed by atoms with E-state index in [9.17, 15) is 18.0 Å². The predicted octanol–water partition coefficient (Wildman–Crippen LogP) is 1.65. The lowest BCUT2D eigenvalue weighted by Crippen LogP contribution is -2.30. The molecule has 0 atom stereocenters. The molecule has 20 heavy (non-hydrogen) atoms. The van der Waals surface area contributed by atoms with Crippen molar-refractivity contribution in [2.45, 2.75) is 31.5 Å². The highest BCUT2D eigenvalue weighted by molar-refractivity contribution is 9.10. The van der Waals surface area contributed by atoms with Gasteiger partial charge in [0.25, 0.3) is 0 Å². The van der Waals surface area contributed by atoms with Crippen molar-refractivity contribution in [3.05, 3.63) is 15.9 Å². The second kappa shape index (κ2) is 5.72. The van der Waals surface area contributed by atoms with Gasteiger partial charge in [0.1, 0.15) is 6.54 Å². The lowest BCUT2D eigenvalue weighted by Gasteiger charge is -2.07. The first-order valence-corrected chi connectivity index (χ1v) is 6.84. The van der Waals surface area contributed by atoms with Crippen LogP contribution in [0.1, 0.15) is 30.1 Å². The van der Waals surface area contributed by atoms with Gasteiger partial charge in [-0.25, -0.2) is 0 Å². The molecule has 1 heterocycles. The number of hydrogen-bond donors (Lipinski definition) is 2. The van der Waals surface area contributed by atoms with Crippen molar-refractivity contribution in [2.75, 3.05) is 13.2 Å².